The van der Waals surface area contributed by atoms with Crippen LogP contribution in [0.4, 0.5) is 5.69 Å². The highest BCUT2D eigenvalue weighted by molar-refractivity contribution is 7.09. The van der Waals surface area contributed by atoms with Gasteiger partial charge in [0.15, 0.2) is 0 Å². The maximum absolute atomic E-state index is 11.1. The van der Waals surface area contributed by atoms with Crippen molar-refractivity contribution in [1.82, 2.24) is 9.97 Å². The number of anilines is 1. The van der Waals surface area contributed by atoms with E-state index in [-0.39, 0.29) is 11.2 Å². The second kappa shape index (κ2) is 4.73. The number of carbonyl (C=O) groups is 1. The monoisotopic (exact) mass is 262 g/mol. The molecule has 0 aromatic carbocycles. The molecule has 5 nitrogen and oxygen atoms in total. The molecule has 0 aliphatic rings. The molecule has 0 aliphatic carbocycles. The zero-order valence-corrected chi connectivity index (χ0v) is 11.0. The van der Waals surface area contributed by atoms with Crippen molar-refractivity contribution in [3.8, 4) is 0 Å². The second-order valence-corrected chi connectivity index (χ2v) is 5.28. The molecule has 3 N–H and O–H groups in total. The van der Waals surface area contributed by atoms with Crippen molar-refractivity contribution >= 4 is 22.9 Å². The summed E-state index contributed by atoms with van der Waals surface area (Å²) >= 11 is 1.58. The minimum Gasteiger partial charge on any atom is -0.374 e. The number of aromatic nitrogens is 2. The Kier molecular flexibility index (Phi) is 3.29. The van der Waals surface area contributed by atoms with Crippen LogP contribution in [0.1, 0.15) is 29.3 Å². The number of nitrogens with zero attached hydrogens (tertiary/aromatic N) is 2. The molecule has 0 atom stereocenters. The van der Waals surface area contributed by atoms with E-state index in [1.54, 1.807) is 35.9 Å². The van der Waals surface area contributed by atoms with Crippen molar-refractivity contribution in [1.29, 1.82) is 0 Å². The summed E-state index contributed by atoms with van der Waals surface area (Å²) in [5, 5.41) is 6.22. The van der Waals surface area contributed by atoms with E-state index in [2.05, 4.69) is 15.3 Å². The minimum absolute atomic E-state index is 0.245. The molecule has 0 radical (unpaired) electrons. The Balaban J connectivity index is 2.24. The Labute approximate surface area is 109 Å². The topological polar surface area (TPSA) is 80.9 Å². The van der Waals surface area contributed by atoms with E-state index in [1.807, 2.05) is 19.2 Å². The minimum atomic E-state index is -0.536. The van der Waals surface area contributed by atoms with Crippen LogP contribution >= 0.6 is 11.3 Å². The lowest BCUT2D eigenvalue weighted by Crippen LogP contribution is -2.28. The summed E-state index contributed by atoms with van der Waals surface area (Å²) in [4.78, 5) is 19.3. The molecule has 2 heterocycles. The summed E-state index contributed by atoms with van der Waals surface area (Å²) in [5.41, 5.74) is 5.92. The van der Waals surface area contributed by atoms with Crippen LogP contribution in [0.15, 0.2) is 29.9 Å². The lowest BCUT2D eigenvalue weighted by atomic mass is 10.1. The highest BCUT2D eigenvalue weighted by atomic mass is 32.1. The molecule has 0 bridgehead atoms. The number of nitrogens with one attached hydrogen (secondary N) is 1. The van der Waals surface area contributed by atoms with E-state index < -0.39 is 5.91 Å². The maximum Gasteiger partial charge on any atom is 0.267 e. The summed E-state index contributed by atoms with van der Waals surface area (Å²) < 4.78 is 0. The smallest absolute Gasteiger partial charge is 0.267 e. The van der Waals surface area contributed by atoms with E-state index in [0.29, 0.717) is 0 Å². The Hall–Kier alpha value is -1.95. The Morgan fingerprint density at radius 1 is 1.39 bits per heavy atom. The SMILES string of the molecule is CC(C)(Nc1ccnc(C(N)=O)c1)c1nccs1. The third kappa shape index (κ3) is 2.65. The molecule has 0 unspecified atom stereocenters. The fourth-order valence-electron chi connectivity index (χ4n) is 1.59. The summed E-state index contributed by atoms with van der Waals surface area (Å²) in [5.74, 6) is -0.536. The number of rotatable bonds is 4. The Morgan fingerprint density at radius 3 is 2.78 bits per heavy atom. The van der Waals surface area contributed by atoms with E-state index >= 15 is 0 Å². The Morgan fingerprint density at radius 2 is 2.17 bits per heavy atom. The molecular weight excluding hydrogens is 248 g/mol. The van der Waals surface area contributed by atoms with E-state index in [0.717, 1.165) is 10.7 Å². The van der Waals surface area contributed by atoms with Crippen LogP contribution in [0, 0.1) is 0 Å². The summed E-state index contributed by atoms with van der Waals surface area (Å²) in [6.07, 6.45) is 3.32. The molecule has 2 rings (SSSR count). The van der Waals surface area contributed by atoms with E-state index in [9.17, 15) is 4.79 Å². The second-order valence-electron chi connectivity index (χ2n) is 4.38. The van der Waals surface area contributed by atoms with Gasteiger partial charge in [-0.2, -0.15) is 0 Å². The largest absolute Gasteiger partial charge is 0.374 e. The fourth-order valence-corrected chi connectivity index (χ4v) is 2.31. The Bertz CT molecular complexity index is 551. The van der Waals surface area contributed by atoms with E-state index in [4.69, 9.17) is 5.73 Å². The number of nitrogens with two attached hydrogens (primary N) is 1. The highest BCUT2D eigenvalue weighted by Gasteiger charge is 2.23. The molecule has 1 amide bonds. The van der Waals surface area contributed by atoms with Gasteiger partial charge in [-0.15, -0.1) is 11.3 Å². The number of carbonyl (C=O) groups excluding carboxylic acids is 1. The van der Waals surface area contributed by atoms with Gasteiger partial charge < -0.3 is 11.1 Å². The lowest BCUT2D eigenvalue weighted by Gasteiger charge is -2.25. The van der Waals surface area contributed by atoms with Crippen LogP contribution in [0.3, 0.4) is 0 Å². The average Bonchev–Trinajstić information content (AvgIpc) is 2.82. The number of pyridine rings is 1. The van der Waals surface area contributed by atoms with Crippen molar-refractivity contribution in [2.75, 3.05) is 5.32 Å². The predicted molar refractivity (Wildman–Crippen MR) is 71.5 cm³/mol. The molecule has 0 aliphatic heterocycles. The quantitative estimate of drug-likeness (QED) is 0.882. The van der Waals surface area contributed by atoms with Crippen LogP contribution in [0.25, 0.3) is 0 Å². The first-order chi connectivity index (χ1) is 8.49. The first-order valence-electron chi connectivity index (χ1n) is 5.43. The molecule has 94 valence electrons. The van der Waals surface area contributed by atoms with Crippen molar-refractivity contribution < 1.29 is 4.79 Å². The van der Waals surface area contributed by atoms with Crippen LogP contribution in [0.2, 0.25) is 0 Å². The maximum atomic E-state index is 11.1. The van der Waals surface area contributed by atoms with Gasteiger partial charge in [-0.1, -0.05) is 0 Å². The molecule has 0 spiro atoms. The van der Waals surface area contributed by atoms with Crippen molar-refractivity contribution in [2.24, 2.45) is 5.73 Å². The van der Waals surface area contributed by atoms with Gasteiger partial charge in [-0.3, -0.25) is 9.78 Å². The molecule has 6 heteroatoms. The average molecular weight is 262 g/mol. The molecule has 0 fully saturated rings. The zero-order chi connectivity index (χ0) is 13.2. The van der Waals surface area contributed by atoms with Crippen LogP contribution in [-0.2, 0) is 5.54 Å². The van der Waals surface area contributed by atoms with Crippen molar-refractivity contribution in [3.05, 3.63) is 40.6 Å². The lowest BCUT2D eigenvalue weighted by molar-refractivity contribution is 0.0995. The van der Waals surface area contributed by atoms with Gasteiger partial charge >= 0.3 is 0 Å². The number of hydrogen-bond acceptors (Lipinski definition) is 5. The van der Waals surface area contributed by atoms with Crippen molar-refractivity contribution in [2.45, 2.75) is 19.4 Å². The molecule has 18 heavy (non-hydrogen) atoms. The summed E-state index contributed by atoms with van der Waals surface area (Å²) in [6, 6.07) is 3.43. The molecule has 2 aromatic rings. The predicted octanol–water partition coefficient (Wildman–Crippen LogP) is 1.98. The van der Waals surface area contributed by atoms with Crippen LogP contribution in [0.5, 0.6) is 0 Å². The number of primary amides is 1. The summed E-state index contributed by atoms with van der Waals surface area (Å²) in [6.45, 7) is 4.05. The molecule has 0 saturated carbocycles. The normalized spacial score (nSPS) is 11.2. The first-order valence-corrected chi connectivity index (χ1v) is 6.31. The number of thiazole rings is 1. The molecule has 2 aromatic heterocycles. The summed E-state index contributed by atoms with van der Waals surface area (Å²) in [7, 11) is 0. The third-order valence-electron chi connectivity index (χ3n) is 2.44. The van der Waals surface area contributed by atoms with Crippen molar-refractivity contribution in [3.63, 3.8) is 0 Å². The number of hydrogen-bond donors (Lipinski definition) is 2. The highest BCUT2D eigenvalue weighted by Crippen LogP contribution is 2.26. The van der Waals surface area contributed by atoms with Gasteiger partial charge in [0.1, 0.15) is 10.7 Å². The van der Waals surface area contributed by atoms with Crippen LogP contribution in [-0.4, -0.2) is 15.9 Å². The molecule has 0 saturated heterocycles. The van der Waals surface area contributed by atoms with Crippen LogP contribution < -0.4 is 11.1 Å². The first kappa shape index (κ1) is 12.5. The fraction of sp³-hybridized carbons (Fsp3) is 0.250. The molecular formula is C12H14N4OS. The van der Waals surface area contributed by atoms with Gasteiger partial charge in [-0.25, -0.2) is 4.98 Å². The van der Waals surface area contributed by atoms with E-state index in [1.165, 1.54) is 0 Å². The van der Waals surface area contributed by atoms with Gasteiger partial charge in [-0.05, 0) is 26.0 Å². The van der Waals surface area contributed by atoms with Gasteiger partial charge in [0.05, 0.1) is 5.54 Å². The third-order valence-corrected chi connectivity index (χ3v) is 3.53. The van der Waals surface area contributed by atoms with Gasteiger partial charge in [0.25, 0.3) is 5.91 Å². The number of amides is 1. The standard InChI is InChI=1S/C12H14N4OS/c1-12(2,11-15-5-6-18-11)16-8-3-4-14-9(7-8)10(13)17/h3-7H,1-2H3,(H2,13,17)(H,14,16). The zero-order valence-electron chi connectivity index (χ0n) is 10.2. The van der Waals surface area contributed by atoms with Gasteiger partial charge in [0, 0.05) is 23.5 Å². The van der Waals surface area contributed by atoms with Gasteiger partial charge in [0.2, 0.25) is 0 Å².